The minimum atomic E-state index is -1.92. The number of epoxide rings is 1. The number of benzene rings is 1. The Morgan fingerprint density at radius 3 is 2.47 bits per heavy atom. The predicted octanol–water partition coefficient (Wildman–Crippen LogP) is 7.22. The van der Waals surface area contributed by atoms with Gasteiger partial charge in [-0.15, -0.1) is 0 Å². The molecule has 1 fully saturated rings. The molecule has 1 aromatic heterocycles. The lowest BCUT2D eigenvalue weighted by Gasteiger charge is -2.36. The lowest BCUT2D eigenvalue weighted by Crippen LogP contribution is -2.47. The van der Waals surface area contributed by atoms with Crippen LogP contribution in [0.2, 0.25) is 18.1 Å². The van der Waals surface area contributed by atoms with Crippen molar-refractivity contribution in [3.05, 3.63) is 59.3 Å². The number of aliphatic hydroxyl groups excluding tert-OH is 1. The number of aromatic nitrogens is 1. The third kappa shape index (κ3) is 6.44. The summed E-state index contributed by atoms with van der Waals surface area (Å²) in [6.45, 7) is 18.0. The van der Waals surface area contributed by atoms with Crippen molar-refractivity contribution in [2.45, 2.75) is 103 Å². The second-order valence-electron chi connectivity index (χ2n) is 11.8. The second kappa shape index (κ2) is 10.4. The maximum atomic E-state index is 9.33. The molecule has 0 radical (unpaired) electrons. The van der Waals surface area contributed by atoms with Crippen molar-refractivity contribution >= 4 is 19.2 Å². The molecule has 0 spiro atoms. The zero-order valence-corrected chi connectivity index (χ0v) is 23.6. The lowest BCUT2D eigenvalue weighted by atomic mass is 10.0. The van der Waals surface area contributed by atoms with Crippen LogP contribution in [0.1, 0.15) is 72.8 Å². The Kier molecular flexibility index (Phi) is 8.21. The van der Waals surface area contributed by atoms with Crippen molar-refractivity contribution in [1.82, 2.24) is 4.73 Å². The predicted molar refractivity (Wildman–Crippen MR) is 146 cm³/mol. The number of hydrogen-bond donors (Lipinski definition) is 1. The minimum Gasteiger partial charge on any atom is -0.469 e. The number of aliphatic hydroxyl groups is 1. The largest absolute Gasteiger partial charge is 0.469 e. The van der Waals surface area contributed by atoms with E-state index in [4.69, 9.17) is 9.26 Å². The van der Waals surface area contributed by atoms with Crippen LogP contribution in [0.5, 0.6) is 0 Å². The van der Waals surface area contributed by atoms with E-state index < -0.39 is 8.32 Å². The molecule has 1 N–H and O–H groups in total. The van der Waals surface area contributed by atoms with E-state index >= 15 is 0 Å². The van der Waals surface area contributed by atoms with E-state index in [1.165, 1.54) is 22.1 Å². The number of para-hydroxylation sites is 1. The summed E-state index contributed by atoms with van der Waals surface area (Å²) in [7, 11) is -1.92. The van der Waals surface area contributed by atoms with Crippen LogP contribution < -0.4 is 4.53 Å². The van der Waals surface area contributed by atoms with Crippen LogP contribution in [-0.4, -0.2) is 36.5 Å². The molecule has 34 heavy (non-hydrogen) atoms. The average molecular weight is 484 g/mol. The summed E-state index contributed by atoms with van der Waals surface area (Å²) in [6, 6.07) is 8.57. The van der Waals surface area contributed by atoms with Crippen LogP contribution in [-0.2, 0) is 11.2 Å². The number of rotatable bonds is 11. The maximum absolute atomic E-state index is 9.33. The third-order valence-corrected chi connectivity index (χ3v) is 12.0. The molecule has 2 aromatic rings. The zero-order valence-electron chi connectivity index (χ0n) is 22.6. The zero-order chi connectivity index (χ0) is 25.1. The van der Waals surface area contributed by atoms with E-state index in [0.29, 0.717) is 0 Å². The van der Waals surface area contributed by atoms with Crippen LogP contribution in [0.15, 0.2) is 53.8 Å². The van der Waals surface area contributed by atoms with Crippen molar-refractivity contribution in [1.29, 1.82) is 0 Å². The van der Waals surface area contributed by atoms with E-state index in [0.717, 1.165) is 37.6 Å². The van der Waals surface area contributed by atoms with Gasteiger partial charge in [0.2, 0.25) is 0 Å². The fourth-order valence-electron chi connectivity index (χ4n) is 4.03. The molecule has 0 unspecified atom stereocenters. The van der Waals surface area contributed by atoms with Crippen molar-refractivity contribution in [3.63, 3.8) is 0 Å². The van der Waals surface area contributed by atoms with Crippen LogP contribution in [0, 0.1) is 0 Å². The Morgan fingerprint density at radius 2 is 1.82 bits per heavy atom. The summed E-state index contributed by atoms with van der Waals surface area (Å²) in [6.07, 6.45) is 12.2. The summed E-state index contributed by atoms with van der Waals surface area (Å²) in [5.74, 6) is 0. The van der Waals surface area contributed by atoms with Gasteiger partial charge in [0, 0.05) is 11.6 Å². The van der Waals surface area contributed by atoms with E-state index in [-0.39, 0.29) is 23.4 Å². The molecule has 3 rings (SSSR count). The monoisotopic (exact) mass is 483 g/mol. The van der Waals surface area contributed by atoms with Crippen LogP contribution in [0.25, 0.3) is 10.9 Å². The number of nitrogens with zero attached hydrogens (tertiary/aromatic N) is 1. The molecule has 4 nitrogen and oxygen atoms in total. The molecular formula is C29H45NO3Si. The molecule has 1 aliphatic heterocycles. The topological polar surface area (TPSA) is 46.9 Å². The normalized spacial score (nSPS) is 21.9. The van der Waals surface area contributed by atoms with Gasteiger partial charge in [-0.3, -0.25) is 0 Å². The second-order valence-corrected chi connectivity index (χ2v) is 16.5. The highest BCUT2D eigenvalue weighted by molar-refractivity contribution is 6.74. The fourth-order valence-corrected chi connectivity index (χ4v) is 4.94. The molecule has 0 bridgehead atoms. The van der Waals surface area contributed by atoms with Gasteiger partial charge in [0.05, 0.1) is 18.2 Å². The Balaban J connectivity index is 1.58. The first-order valence-corrected chi connectivity index (χ1v) is 15.7. The molecule has 2 atom stereocenters. The van der Waals surface area contributed by atoms with Crippen LogP contribution in [0.4, 0.5) is 0 Å². The fraction of sp³-hybridized carbons (Fsp3) is 0.586. The van der Waals surface area contributed by atoms with Gasteiger partial charge in [-0.05, 0) is 82.6 Å². The van der Waals surface area contributed by atoms with Crippen LogP contribution >= 0.6 is 0 Å². The highest BCUT2D eigenvalue weighted by atomic mass is 28.4. The summed E-state index contributed by atoms with van der Waals surface area (Å²) in [4.78, 5) is 0. The van der Waals surface area contributed by atoms with E-state index in [1.54, 1.807) is 0 Å². The Labute approximate surface area is 207 Å². The lowest BCUT2D eigenvalue weighted by molar-refractivity contribution is 0.184. The van der Waals surface area contributed by atoms with Gasteiger partial charge in [0.25, 0.3) is 8.32 Å². The molecular weight excluding hydrogens is 438 g/mol. The molecule has 0 aliphatic carbocycles. The molecule has 1 aromatic carbocycles. The van der Waals surface area contributed by atoms with E-state index in [9.17, 15) is 5.11 Å². The standard InChI is InChI=1S/C29H45NO3Si/c1-22(12-11-13-23(2)17-19-27-29(6,21-31)32-27)16-18-24-20-30(26-15-10-9-14-25(24)26)33-34(7,8)28(3,4)5/h9-10,13-16,20,27,31H,11-12,17-19,21H2,1-8H3/b22-16+,23-13+/t27-,29-/m0/s1. The first-order valence-electron chi connectivity index (χ1n) is 12.7. The third-order valence-electron chi connectivity index (χ3n) is 7.75. The molecule has 1 saturated heterocycles. The molecule has 0 saturated carbocycles. The molecule has 5 heteroatoms. The maximum Gasteiger partial charge on any atom is 0.284 e. The highest BCUT2D eigenvalue weighted by Crippen LogP contribution is 2.39. The van der Waals surface area contributed by atoms with Crippen molar-refractivity contribution in [2.24, 2.45) is 0 Å². The summed E-state index contributed by atoms with van der Waals surface area (Å²) in [5.41, 5.74) is 5.01. The first kappa shape index (κ1) is 26.8. The number of ether oxygens (including phenoxy) is 1. The van der Waals surface area contributed by atoms with Gasteiger partial charge in [-0.1, -0.05) is 62.3 Å². The summed E-state index contributed by atoms with van der Waals surface area (Å²) < 4.78 is 14.3. The van der Waals surface area contributed by atoms with Crippen molar-refractivity contribution < 1.29 is 14.4 Å². The molecule has 1 aliphatic rings. The van der Waals surface area contributed by atoms with E-state index in [2.05, 4.69) is 90.3 Å². The molecule has 0 amide bonds. The molecule has 188 valence electrons. The quantitative estimate of drug-likeness (QED) is 0.208. The number of fused-ring (bicyclic) bond motifs is 1. The van der Waals surface area contributed by atoms with Gasteiger partial charge >= 0.3 is 0 Å². The smallest absolute Gasteiger partial charge is 0.284 e. The summed E-state index contributed by atoms with van der Waals surface area (Å²) >= 11 is 0. The van der Waals surface area contributed by atoms with E-state index in [1.807, 2.05) is 11.7 Å². The average Bonchev–Trinajstić information content (AvgIpc) is 3.31. The number of hydrogen-bond acceptors (Lipinski definition) is 3. The van der Waals surface area contributed by atoms with Gasteiger partial charge in [-0.25, -0.2) is 4.73 Å². The minimum absolute atomic E-state index is 0.117. The highest BCUT2D eigenvalue weighted by Gasteiger charge is 2.50. The van der Waals surface area contributed by atoms with Gasteiger partial charge < -0.3 is 14.4 Å². The van der Waals surface area contributed by atoms with Crippen LogP contribution in [0.3, 0.4) is 0 Å². The Bertz CT molecular complexity index is 1040. The SMILES string of the molecule is C/C(=C\Cc1cn(O[Si](C)(C)C(C)(C)C)c2ccccc12)CC/C=C(\C)CC[C@@H]1O[C@@]1(C)CO. The first-order chi connectivity index (χ1) is 15.9. The van der Waals surface area contributed by atoms with Gasteiger partial charge in [-0.2, -0.15) is 0 Å². The summed E-state index contributed by atoms with van der Waals surface area (Å²) in [5, 5.41) is 10.8. The Morgan fingerprint density at radius 1 is 1.15 bits per heavy atom. The van der Waals surface area contributed by atoms with Gasteiger partial charge in [0.15, 0.2) is 0 Å². The van der Waals surface area contributed by atoms with Crippen molar-refractivity contribution in [2.75, 3.05) is 6.61 Å². The Hall–Kier alpha value is -1.82. The van der Waals surface area contributed by atoms with Crippen molar-refractivity contribution in [3.8, 4) is 0 Å². The molecule has 2 heterocycles. The van der Waals surface area contributed by atoms with Gasteiger partial charge in [0.1, 0.15) is 5.60 Å². The number of allylic oxidation sites excluding steroid dienone is 4.